The summed E-state index contributed by atoms with van der Waals surface area (Å²) in [5.41, 5.74) is 11.3. The predicted molar refractivity (Wildman–Crippen MR) is 105 cm³/mol. The summed E-state index contributed by atoms with van der Waals surface area (Å²) in [5, 5.41) is 17.3. The Labute approximate surface area is 192 Å². The molecule has 0 amide bonds. The predicted octanol–water partition coefficient (Wildman–Crippen LogP) is -0.696. The van der Waals surface area contributed by atoms with Gasteiger partial charge >= 0.3 is 33.0 Å². The SMILES string of the molecule is CCN(CC)CCCCC(C(=O)O)C(=O)O.NC1CCC(N)CC1.O=P([O-])([O-])O.[Pt+2]. The van der Waals surface area contributed by atoms with Crippen LogP contribution in [0, 0.1) is 5.92 Å². The first-order valence-electron chi connectivity index (χ1n) is 9.75. The summed E-state index contributed by atoms with van der Waals surface area (Å²) >= 11 is 0. The van der Waals surface area contributed by atoms with Crippen LogP contribution in [0.2, 0.25) is 0 Å². The third-order valence-electron chi connectivity index (χ3n) is 4.52. The molecule has 7 N–H and O–H groups in total. The van der Waals surface area contributed by atoms with Crippen LogP contribution in [0.4, 0.5) is 0 Å². The first kappa shape index (κ1) is 34.2. The summed E-state index contributed by atoms with van der Waals surface area (Å²) in [5.74, 6) is -3.73. The average molecular weight is 637 g/mol. The number of nitrogens with two attached hydrogens (primary N) is 2. The number of rotatable bonds is 9. The Morgan fingerprint density at radius 2 is 1.33 bits per heavy atom. The van der Waals surface area contributed by atoms with E-state index in [1.165, 1.54) is 0 Å². The van der Waals surface area contributed by atoms with Gasteiger partial charge in [0.25, 0.3) is 0 Å². The second-order valence-corrected chi connectivity index (χ2v) is 7.83. The molecule has 182 valence electrons. The Balaban J connectivity index is -0.000000431. The standard InChI is InChI=1S/C11H21NO4.C6H14N2.H3O4P.Pt/c1-3-12(4-2)8-6-5-7-9(10(13)14)11(15)16;7-5-1-2-6(8)4-3-5;1-5(2,3)4;/h9H,3-8H2,1-2H3,(H,13,14)(H,15,16);5-6H,1-4,7-8H2;(H3,1,2,3,4);/q;;;+2/p-2. The van der Waals surface area contributed by atoms with Gasteiger partial charge in [-0.1, -0.05) is 20.3 Å². The van der Waals surface area contributed by atoms with Crippen molar-refractivity contribution in [3.8, 4) is 0 Å². The minimum absolute atomic E-state index is 0. The zero-order valence-corrected chi connectivity index (χ0v) is 20.7. The van der Waals surface area contributed by atoms with Crippen LogP contribution < -0.4 is 21.3 Å². The molecule has 0 radical (unpaired) electrons. The normalized spacial score (nSPS) is 18.4. The Morgan fingerprint density at radius 1 is 1.00 bits per heavy atom. The molecule has 11 nitrogen and oxygen atoms in total. The molecule has 1 aliphatic carbocycles. The van der Waals surface area contributed by atoms with Gasteiger partial charge in [0.1, 0.15) is 0 Å². The fourth-order valence-electron chi connectivity index (χ4n) is 2.72. The summed E-state index contributed by atoms with van der Waals surface area (Å²) in [6.07, 6.45) is 6.20. The largest absolute Gasteiger partial charge is 2.00 e. The molecule has 1 rings (SSSR count). The van der Waals surface area contributed by atoms with Crippen LogP contribution >= 0.6 is 7.82 Å². The minimum Gasteiger partial charge on any atom is -0.790 e. The van der Waals surface area contributed by atoms with Gasteiger partial charge in [-0.3, -0.25) is 9.59 Å². The first-order chi connectivity index (χ1) is 13.3. The molecule has 1 saturated carbocycles. The third-order valence-corrected chi connectivity index (χ3v) is 4.52. The summed E-state index contributed by atoms with van der Waals surface area (Å²) < 4.78 is 8.66. The van der Waals surface area contributed by atoms with E-state index in [0.29, 0.717) is 18.5 Å². The number of phosphoric acid groups is 1. The first-order valence-corrected chi connectivity index (χ1v) is 11.2. The van der Waals surface area contributed by atoms with E-state index in [4.69, 9.17) is 40.9 Å². The van der Waals surface area contributed by atoms with E-state index in [-0.39, 0.29) is 27.5 Å². The quantitative estimate of drug-likeness (QED) is 0.121. The Kier molecular flexibility index (Phi) is 22.0. The van der Waals surface area contributed by atoms with Gasteiger partial charge in [-0.15, -0.1) is 0 Å². The molecule has 0 aromatic heterocycles. The van der Waals surface area contributed by atoms with Gasteiger partial charge in [-0.2, -0.15) is 0 Å². The summed E-state index contributed by atoms with van der Waals surface area (Å²) in [7, 11) is -5.14. The van der Waals surface area contributed by atoms with Crippen LogP contribution in [-0.2, 0) is 35.2 Å². The third kappa shape index (κ3) is 23.9. The molecule has 1 aliphatic rings. The maximum absolute atomic E-state index is 10.6. The topological polar surface area (TPSA) is 213 Å². The van der Waals surface area contributed by atoms with Crippen LogP contribution in [0.5, 0.6) is 0 Å². The Hall–Kier alpha value is -0.382. The summed E-state index contributed by atoms with van der Waals surface area (Å²) in [6, 6.07) is 0.879. The smallest absolute Gasteiger partial charge is 0.790 e. The van der Waals surface area contributed by atoms with E-state index >= 15 is 0 Å². The van der Waals surface area contributed by atoms with Crippen LogP contribution in [0.25, 0.3) is 0 Å². The molecule has 1 fully saturated rings. The number of aliphatic carboxylic acids is 2. The van der Waals surface area contributed by atoms with Crippen LogP contribution in [0.1, 0.15) is 58.8 Å². The van der Waals surface area contributed by atoms with Crippen molar-refractivity contribution in [2.75, 3.05) is 19.6 Å². The number of carboxylic acids is 2. The van der Waals surface area contributed by atoms with E-state index in [1.807, 2.05) is 0 Å². The zero-order valence-electron chi connectivity index (χ0n) is 17.6. The van der Waals surface area contributed by atoms with E-state index in [2.05, 4.69) is 18.7 Å². The number of carboxylic acid groups (broad SMARTS) is 2. The van der Waals surface area contributed by atoms with E-state index < -0.39 is 25.7 Å². The molecular weight excluding hydrogens is 600 g/mol. The van der Waals surface area contributed by atoms with Gasteiger partial charge in [0.15, 0.2) is 5.92 Å². The van der Waals surface area contributed by atoms with Crippen molar-refractivity contribution in [3.05, 3.63) is 0 Å². The second-order valence-electron chi connectivity index (χ2n) is 6.90. The molecule has 0 aromatic carbocycles. The molecule has 0 aromatic rings. The maximum Gasteiger partial charge on any atom is 2.00 e. The van der Waals surface area contributed by atoms with E-state index in [1.54, 1.807) is 0 Å². The molecule has 0 saturated heterocycles. The number of unbranched alkanes of at least 4 members (excludes halogenated alkanes) is 1. The van der Waals surface area contributed by atoms with Gasteiger partial charge < -0.3 is 45.8 Å². The van der Waals surface area contributed by atoms with Crippen LogP contribution in [-0.4, -0.2) is 63.7 Å². The Bertz CT molecular complexity index is 465. The monoisotopic (exact) mass is 636 g/mol. The van der Waals surface area contributed by atoms with Crippen LogP contribution in [0.3, 0.4) is 0 Å². The number of nitrogens with zero attached hydrogens (tertiary/aromatic N) is 1. The molecule has 0 bridgehead atoms. The molecule has 0 atom stereocenters. The zero-order chi connectivity index (χ0) is 23.0. The fraction of sp³-hybridized carbons (Fsp3) is 0.882. The Morgan fingerprint density at radius 3 is 1.60 bits per heavy atom. The molecule has 30 heavy (non-hydrogen) atoms. The van der Waals surface area contributed by atoms with Crippen molar-refractivity contribution >= 4 is 19.8 Å². The van der Waals surface area contributed by atoms with E-state index in [9.17, 15) is 9.59 Å². The van der Waals surface area contributed by atoms with Crippen LogP contribution in [0.15, 0.2) is 0 Å². The van der Waals surface area contributed by atoms with Gasteiger partial charge in [-0.25, -0.2) is 0 Å². The summed E-state index contributed by atoms with van der Waals surface area (Å²) in [6.45, 7) is 6.98. The van der Waals surface area contributed by atoms with Crippen molar-refractivity contribution in [2.45, 2.75) is 70.9 Å². The number of hydrogen-bond donors (Lipinski definition) is 5. The summed E-state index contributed by atoms with van der Waals surface area (Å²) in [4.78, 5) is 47.7. The molecule has 0 unspecified atom stereocenters. The van der Waals surface area contributed by atoms with Crippen molar-refractivity contribution in [2.24, 2.45) is 17.4 Å². The van der Waals surface area contributed by atoms with Gasteiger partial charge in [0, 0.05) is 12.1 Å². The number of hydrogen-bond acceptors (Lipinski definition) is 8. The number of carbonyl (C=O) groups is 2. The molecule has 0 spiro atoms. The second kappa shape index (κ2) is 19.3. The van der Waals surface area contributed by atoms with Gasteiger partial charge in [0.2, 0.25) is 0 Å². The average Bonchev–Trinajstić information content (AvgIpc) is 2.59. The molecule has 0 heterocycles. The van der Waals surface area contributed by atoms with Gasteiger partial charge in [0.05, 0.1) is 7.82 Å². The van der Waals surface area contributed by atoms with Gasteiger partial charge in [-0.05, 0) is 58.2 Å². The molecule has 13 heteroatoms. The molecular formula is C17H36N3O8PPt. The van der Waals surface area contributed by atoms with Crippen molar-refractivity contribution in [1.82, 2.24) is 4.90 Å². The van der Waals surface area contributed by atoms with Crippen molar-refractivity contribution in [3.63, 3.8) is 0 Å². The minimum atomic E-state index is -5.14. The maximum atomic E-state index is 10.6. The fourth-order valence-corrected chi connectivity index (χ4v) is 2.72. The van der Waals surface area contributed by atoms with Crippen molar-refractivity contribution < 1.29 is 60.1 Å². The van der Waals surface area contributed by atoms with Crippen molar-refractivity contribution in [1.29, 1.82) is 0 Å². The van der Waals surface area contributed by atoms with E-state index in [0.717, 1.165) is 51.7 Å². The molecule has 0 aliphatic heterocycles.